The van der Waals surface area contributed by atoms with Gasteiger partial charge in [0.1, 0.15) is 6.61 Å². The van der Waals surface area contributed by atoms with Crippen molar-refractivity contribution in [2.45, 2.75) is 13.8 Å². The molecule has 0 saturated carbocycles. The first kappa shape index (κ1) is 14.8. The Morgan fingerprint density at radius 2 is 1.58 bits per heavy atom. The molecule has 0 unspecified atom stereocenters. The molecule has 0 saturated heterocycles. The number of carbonyl (C=O) groups is 3. The summed E-state index contributed by atoms with van der Waals surface area (Å²) in [6.07, 6.45) is 0. The van der Waals surface area contributed by atoms with Crippen molar-refractivity contribution in [1.82, 2.24) is 0 Å². The molecule has 6 nitrogen and oxygen atoms in total. The topological polar surface area (TPSA) is 78.9 Å². The van der Waals surface area contributed by atoms with Crippen molar-refractivity contribution in [1.29, 1.82) is 0 Å². The van der Waals surface area contributed by atoms with E-state index in [1.165, 1.54) is 39.2 Å². The van der Waals surface area contributed by atoms with Crippen LogP contribution >= 0.6 is 0 Å². The van der Waals surface area contributed by atoms with E-state index in [1.54, 1.807) is 0 Å². The van der Waals surface area contributed by atoms with Gasteiger partial charge in [-0.2, -0.15) is 0 Å². The third kappa shape index (κ3) is 4.51. The fraction of sp³-hybridized carbons (Fsp3) is 0.308. The van der Waals surface area contributed by atoms with Gasteiger partial charge in [-0.05, 0) is 18.2 Å². The number of ketones is 1. The third-order valence-electron chi connectivity index (χ3n) is 2.05. The SMILES string of the molecule is COCC(=O)c1ccc(OC(C)=O)c(OC(C)=O)c1. The van der Waals surface area contributed by atoms with Crippen molar-refractivity contribution in [3.05, 3.63) is 23.8 Å². The molecule has 0 aliphatic heterocycles. The summed E-state index contributed by atoms with van der Waals surface area (Å²) in [5.74, 6) is -1.30. The van der Waals surface area contributed by atoms with Crippen LogP contribution in [0.15, 0.2) is 18.2 Å². The number of ether oxygens (including phenoxy) is 3. The van der Waals surface area contributed by atoms with Gasteiger partial charge >= 0.3 is 11.9 Å². The van der Waals surface area contributed by atoms with Crippen LogP contribution in [-0.2, 0) is 14.3 Å². The van der Waals surface area contributed by atoms with Gasteiger partial charge in [0.2, 0.25) is 0 Å². The second-order valence-electron chi connectivity index (χ2n) is 3.70. The summed E-state index contributed by atoms with van der Waals surface area (Å²) in [4.78, 5) is 33.6. The molecule has 0 heterocycles. The summed E-state index contributed by atoms with van der Waals surface area (Å²) in [7, 11) is 1.40. The molecule has 0 atom stereocenters. The van der Waals surface area contributed by atoms with E-state index < -0.39 is 11.9 Å². The van der Waals surface area contributed by atoms with Gasteiger partial charge in [-0.1, -0.05) is 0 Å². The third-order valence-corrected chi connectivity index (χ3v) is 2.05. The normalized spacial score (nSPS) is 9.84. The molecule has 0 bridgehead atoms. The number of Topliss-reactive ketones (excluding diaryl/α,β-unsaturated/α-hetero) is 1. The van der Waals surface area contributed by atoms with Crippen LogP contribution in [0.2, 0.25) is 0 Å². The van der Waals surface area contributed by atoms with E-state index in [9.17, 15) is 14.4 Å². The number of hydrogen-bond donors (Lipinski definition) is 0. The highest BCUT2D eigenvalue weighted by Crippen LogP contribution is 2.29. The number of carbonyl (C=O) groups excluding carboxylic acids is 3. The molecule has 0 N–H and O–H groups in total. The lowest BCUT2D eigenvalue weighted by molar-refractivity contribution is -0.134. The van der Waals surface area contributed by atoms with Crippen LogP contribution in [0.25, 0.3) is 0 Å². The Morgan fingerprint density at radius 1 is 1.00 bits per heavy atom. The number of hydrogen-bond acceptors (Lipinski definition) is 6. The van der Waals surface area contributed by atoms with Crippen LogP contribution in [0.4, 0.5) is 0 Å². The van der Waals surface area contributed by atoms with E-state index in [4.69, 9.17) is 14.2 Å². The predicted molar refractivity (Wildman–Crippen MR) is 65.3 cm³/mol. The number of rotatable bonds is 5. The van der Waals surface area contributed by atoms with Gasteiger partial charge in [0, 0.05) is 26.5 Å². The van der Waals surface area contributed by atoms with E-state index >= 15 is 0 Å². The first-order valence-corrected chi connectivity index (χ1v) is 5.47. The lowest BCUT2D eigenvalue weighted by atomic mass is 10.1. The van der Waals surface area contributed by atoms with Gasteiger partial charge in [0.25, 0.3) is 0 Å². The lowest BCUT2D eigenvalue weighted by Gasteiger charge is -2.10. The maximum Gasteiger partial charge on any atom is 0.308 e. The van der Waals surface area contributed by atoms with Gasteiger partial charge in [-0.25, -0.2) is 0 Å². The summed E-state index contributed by atoms with van der Waals surface area (Å²) in [5.41, 5.74) is 0.300. The van der Waals surface area contributed by atoms with Gasteiger partial charge in [0.15, 0.2) is 17.3 Å². The van der Waals surface area contributed by atoms with Crippen LogP contribution in [0.3, 0.4) is 0 Å². The van der Waals surface area contributed by atoms with E-state index in [2.05, 4.69) is 0 Å². The number of esters is 2. The molecule has 0 aromatic heterocycles. The molecule has 0 spiro atoms. The molecule has 6 heteroatoms. The van der Waals surface area contributed by atoms with Crippen molar-refractivity contribution >= 4 is 17.7 Å². The minimum atomic E-state index is -0.579. The largest absolute Gasteiger partial charge is 0.423 e. The quantitative estimate of drug-likeness (QED) is 0.455. The molecule has 1 rings (SSSR count). The second kappa shape index (κ2) is 6.65. The fourth-order valence-corrected chi connectivity index (χ4v) is 1.37. The summed E-state index contributed by atoms with van der Waals surface area (Å²) in [6, 6.07) is 4.19. The first-order chi connectivity index (χ1) is 8.93. The lowest BCUT2D eigenvalue weighted by Crippen LogP contribution is -2.10. The molecular weight excluding hydrogens is 252 g/mol. The highest BCUT2D eigenvalue weighted by Gasteiger charge is 2.14. The molecular formula is C13H14O6. The van der Waals surface area contributed by atoms with Gasteiger partial charge in [-0.15, -0.1) is 0 Å². The molecule has 102 valence electrons. The second-order valence-corrected chi connectivity index (χ2v) is 3.70. The zero-order valence-corrected chi connectivity index (χ0v) is 10.9. The van der Waals surface area contributed by atoms with Crippen molar-refractivity contribution in [3.8, 4) is 11.5 Å². The molecule has 0 fully saturated rings. The fourth-order valence-electron chi connectivity index (χ4n) is 1.37. The Hall–Kier alpha value is -2.21. The molecule has 0 radical (unpaired) electrons. The van der Waals surface area contributed by atoms with Gasteiger partial charge in [-0.3, -0.25) is 14.4 Å². The molecule has 1 aromatic carbocycles. The molecule has 0 aliphatic carbocycles. The van der Waals surface area contributed by atoms with E-state index in [1.807, 2.05) is 0 Å². The van der Waals surface area contributed by atoms with Crippen molar-refractivity contribution < 1.29 is 28.6 Å². The van der Waals surface area contributed by atoms with Crippen LogP contribution in [-0.4, -0.2) is 31.4 Å². The van der Waals surface area contributed by atoms with Gasteiger partial charge < -0.3 is 14.2 Å². The predicted octanol–water partition coefficient (Wildman–Crippen LogP) is 1.37. The molecule has 0 amide bonds. The zero-order valence-electron chi connectivity index (χ0n) is 10.9. The highest BCUT2D eigenvalue weighted by molar-refractivity contribution is 5.97. The standard InChI is InChI=1S/C13H14O6/c1-8(14)18-12-5-4-10(11(16)7-17-3)6-13(12)19-9(2)15/h4-6H,7H2,1-3H3. The van der Waals surface area contributed by atoms with Crippen LogP contribution in [0.1, 0.15) is 24.2 Å². The minimum absolute atomic E-state index is 0.0182. The maximum atomic E-state index is 11.6. The van der Waals surface area contributed by atoms with Crippen molar-refractivity contribution in [2.75, 3.05) is 13.7 Å². The molecule has 1 aromatic rings. The summed E-state index contributed by atoms with van der Waals surface area (Å²) >= 11 is 0. The van der Waals surface area contributed by atoms with Crippen molar-refractivity contribution in [2.24, 2.45) is 0 Å². The molecule has 19 heavy (non-hydrogen) atoms. The highest BCUT2D eigenvalue weighted by atomic mass is 16.6. The first-order valence-electron chi connectivity index (χ1n) is 5.47. The van der Waals surface area contributed by atoms with Crippen LogP contribution < -0.4 is 9.47 Å². The number of benzene rings is 1. The summed E-state index contributed by atoms with van der Waals surface area (Å²) < 4.78 is 14.5. The Labute approximate surface area is 110 Å². The van der Waals surface area contributed by atoms with Crippen LogP contribution in [0.5, 0.6) is 11.5 Å². The van der Waals surface area contributed by atoms with Crippen molar-refractivity contribution in [3.63, 3.8) is 0 Å². The summed E-state index contributed by atoms with van der Waals surface area (Å²) in [6.45, 7) is 2.34. The Bertz CT molecular complexity index is 506. The zero-order chi connectivity index (χ0) is 14.4. The monoisotopic (exact) mass is 266 g/mol. The average molecular weight is 266 g/mol. The smallest absolute Gasteiger partial charge is 0.308 e. The van der Waals surface area contributed by atoms with Crippen LogP contribution in [0, 0.1) is 0 Å². The van der Waals surface area contributed by atoms with E-state index in [-0.39, 0.29) is 23.9 Å². The Balaban J connectivity index is 3.10. The van der Waals surface area contributed by atoms with Gasteiger partial charge in [0.05, 0.1) is 0 Å². The molecule has 0 aliphatic rings. The average Bonchev–Trinajstić information content (AvgIpc) is 2.30. The van der Waals surface area contributed by atoms with E-state index in [0.717, 1.165) is 0 Å². The Kier molecular flexibility index (Phi) is 5.20. The minimum Gasteiger partial charge on any atom is -0.423 e. The number of methoxy groups -OCH3 is 1. The summed E-state index contributed by atoms with van der Waals surface area (Å²) in [5, 5.41) is 0. The van der Waals surface area contributed by atoms with E-state index in [0.29, 0.717) is 5.56 Å². The maximum absolute atomic E-state index is 11.6. The Morgan fingerprint density at radius 3 is 2.11 bits per heavy atom.